The van der Waals surface area contributed by atoms with E-state index in [-0.39, 0.29) is 6.42 Å². The maximum atomic E-state index is 12.4. The number of ether oxygens (including phenoxy) is 1. The standard InChI is InChI=1S/C18H25FN2O4/c1-12(15(22)11-19)20-16(23)14(10-13-8-6-5-7-9-13)21-17(24)25-18(2,3)4/h5-9,12,14H,10-11H2,1-4H3,(H,20,23)(H,21,24)/t12-,14-/m0/s1. The van der Waals surface area contributed by atoms with Gasteiger partial charge in [-0.25, -0.2) is 9.18 Å². The number of carbonyl (C=O) groups is 3. The minimum Gasteiger partial charge on any atom is -0.444 e. The largest absolute Gasteiger partial charge is 0.444 e. The summed E-state index contributed by atoms with van der Waals surface area (Å²) in [7, 11) is 0. The van der Waals surface area contributed by atoms with Crippen molar-refractivity contribution in [3.05, 3.63) is 35.9 Å². The molecule has 1 aromatic carbocycles. The SMILES string of the molecule is C[C@H](NC(=O)[C@H](Cc1ccccc1)NC(=O)OC(C)(C)C)C(=O)CF. The molecule has 0 bridgehead atoms. The van der Waals surface area contributed by atoms with Gasteiger partial charge >= 0.3 is 6.09 Å². The summed E-state index contributed by atoms with van der Waals surface area (Å²) in [6.07, 6.45) is -0.532. The van der Waals surface area contributed by atoms with Crippen molar-refractivity contribution in [3.8, 4) is 0 Å². The molecule has 2 N–H and O–H groups in total. The molecule has 6 nitrogen and oxygen atoms in total. The number of alkyl carbamates (subject to hydrolysis) is 1. The Labute approximate surface area is 147 Å². The number of benzene rings is 1. The van der Waals surface area contributed by atoms with E-state index in [0.29, 0.717) is 0 Å². The number of amides is 2. The van der Waals surface area contributed by atoms with E-state index in [1.165, 1.54) is 6.92 Å². The number of halogens is 1. The molecule has 138 valence electrons. The molecule has 0 aliphatic rings. The zero-order valence-corrected chi connectivity index (χ0v) is 15.0. The Morgan fingerprint density at radius 3 is 2.24 bits per heavy atom. The lowest BCUT2D eigenvalue weighted by atomic mass is 10.0. The predicted molar refractivity (Wildman–Crippen MR) is 91.9 cm³/mol. The average molecular weight is 352 g/mol. The minimum absolute atomic E-state index is 0.211. The Balaban J connectivity index is 2.84. The van der Waals surface area contributed by atoms with Gasteiger partial charge in [0.1, 0.15) is 18.3 Å². The highest BCUT2D eigenvalue weighted by molar-refractivity contribution is 5.92. The Bertz CT molecular complexity index is 599. The van der Waals surface area contributed by atoms with Gasteiger partial charge in [-0.15, -0.1) is 0 Å². The molecule has 7 heteroatoms. The predicted octanol–water partition coefficient (Wildman–Crippen LogP) is 2.17. The lowest BCUT2D eigenvalue weighted by Gasteiger charge is -2.24. The summed E-state index contributed by atoms with van der Waals surface area (Å²) in [4.78, 5) is 35.8. The lowest BCUT2D eigenvalue weighted by Crippen LogP contribution is -2.52. The van der Waals surface area contributed by atoms with E-state index < -0.39 is 42.1 Å². The molecular weight excluding hydrogens is 327 g/mol. The first-order valence-electron chi connectivity index (χ1n) is 8.05. The van der Waals surface area contributed by atoms with Crippen LogP contribution in [0.2, 0.25) is 0 Å². The van der Waals surface area contributed by atoms with Crippen LogP contribution < -0.4 is 10.6 Å². The quantitative estimate of drug-likeness (QED) is 0.788. The zero-order chi connectivity index (χ0) is 19.0. The monoisotopic (exact) mass is 352 g/mol. The molecule has 2 atom stereocenters. The number of ketones is 1. The van der Waals surface area contributed by atoms with Crippen molar-refractivity contribution < 1.29 is 23.5 Å². The number of nitrogens with one attached hydrogen (secondary N) is 2. The topological polar surface area (TPSA) is 84.5 Å². The molecule has 0 fully saturated rings. The summed E-state index contributed by atoms with van der Waals surface area (Å²) in [6, 6.07) is 7.16. The molecular formula is C18H25FN2O4. The average Bonchev–Trinajstić information content (AvgIpc) is 2.52. The van der Waals surface area contributed by atoms with Crippen molar-refractivity contribution in [1.29, 1.82) is 0 Å². The highest BCUT2D eigenvalue weighted by atomic mass is 19.1. The fourth-order valence-electron chi connectivity index (χ4n) is 2.02. The smallest absolute Gasteiger partial charge is 0.408 e. The van der Waals surface area contributed by atoms with Crippen molar-refractivity contribution in [2.45, 2.75) is 51.8 Å². The number of rotatable bonds is 7. The molecule has 0 spiro atoms. The van der Waals surface area contributed by atoms with Crippen LogP contribution in [0, 0.1) is 0 Å². The van der Waals surface area contributed by atoms with Crippen LogP contribution in [-0.4, -0.2) is 42.1 Å². The summed E-state index contributed by atoms with van der Waals surface area (Å²) in [5.74, 6) is -1.31. The first kappa shape index (κ1) is 20.6. The maximum Gasteiger partial charge on any atom is 0.408 e. The van der Waals surface area contributed by atoms with Crippen LogP contribution in [0.5, 0.6) is 0 Å². The molecule has 0 saturated heterocycles. The van der Waals surface area contributed by atoms with E-state index >= 15 is 0 Å². The van der Waals surface area contributed by atoms with Gasteiger partial charge in [-0.05, 0) is 33.3 Å². The van der Waals surface area contributed by atoms with E-state index in [2.05, 4.69) is 10.6 Å². The summed E-state index contributed by atoms with van der Waals surface area (Å²) >= 11 is 0. The second-order valence-electron chi connectivity index (χ2n) is 6.72. The van der Waals surface area contributed by atoms with E-state index in [0.717, 1.165) is 5.56 Å². The van der Waals surface area contributed by atoms with Gasteiger partial charge in [0.2, 0.25) is 5.91 Å². The molecule has 1 aromatic rings. The number of Topliss-reactive ketones (excluding diaryl/α,β-unsaturated/α-hetero) is 1. The third-order valence-electron chi connectivity index (χ3n) is 3.26. The van der Waals surface area contributed by atoms with Crippen LogP contribution in [0.25, 0.3) is 0 Å². The van der Waals surface area contributed by atoms with Crippen LogP contribution >= 0.6 is 0 Å². The van der Waals surface area contributed by atoms with Gasteiger partial charge in [-0.1, -0.05) is 30.3 Å². The third kappa shape index (κ3) is 7.78. The number of alkyl halides is 1. The summed E-state index contributed by atoms with van der Waals surface area (Å²) < 4.78 is 17.6. The second-order valence-corrected chi connectivity index (χ2v) is 6.72. The van der Waals surface area contributed by atoms with Gasteiger partial charge in [0.15, 0.2) is 5.78 Å². The van der Waals surface area contributed by atoms with Crippen molar-refractivity contribution in [3.63, 3.8) is 0 Å². The van der Waals surface area contributed by atoms with E-state index in [1.807, 2.05) is 30.3 Å². The van der Waals surface area contributed by atoms with Gasteiger partial charge < -0.3 is 15.4 Å². The maximum absolute atomic E-state index is 12.4. The van der Waals surface area contributed by atoms with Crippen molar-refractivity contribution in [1.82, 2.24) is 10.6 Å². The van der Waals surface area contributed by atoms with Crippen molar-refractivity contribution in [2.75, 3.05) is 6.67 Å². The molecule has 0 radical (unpaired) electrons. The first-order chi connectivity index (χ1) is 11.6. The van der Waals surface area contributed by atoms with Crippen LogP contribution in [0.15, 0.2) is 30.3 Å². The molecule has 0 aliphatic carbocycles. The van der Waals surface area contributed by atoms with Gasteiger partial charge in [0, 0.05) is 6.42 Å². The second kappa shape index (κ2) is 9.15. The summed E-state index contributed by atoms with van der Waals surface area (Å²) in [6.45, 7) is 5.36. The number of hydrogen-bond acceptors (Lipinski definition) is 4. The normalized spacial score (nSPS) is 13.5. The van der Waals surface area contributed by atoms with Crippen LogP contribution in [0.3, 0.4) is 0 Å². The van der Waals surface area contributed by atoms with E-state index in [1.54, 1.807) is 20.8 Å². The van der Waals surface area contributed by atoms with E-state index in [9.17, 15) is 18.8 Å². The molecule has 0 unspecified atom stereocenters. The molecule has 1 rings (SSSR count). The Kier molecular flexibility index (Phi) is 7.54. The van der Waals surface area contributed by atoms with Gasteiger partial charge in [-0.2, -0.15) is 0 Å². The number of hydrogen-bond donors (Lipinski definition) is 2. The zero-order valence-electron chi connectivity index (χ0n) is 15.0. The van der Waals surface area contributed by atoms with Gasteiger partial charge in [-0.3, -0.25) is 9.59 Å². The summed E-state index contributed by atoms with van der Waals surface area (Å²) in [5.41, 5.74) is 0.109. The Morgan fingerprint density at radius 1 is 1.12 bits per heavy atom. The third-order valence-corrected chi connectivity index (χ3v) is 3.26. The van der Waals surface area contributed by atoms with Crippen LogP contribution in [0.1, 0.15) is 33.3 Å². The van der Waals surface area contributed by atoms with Crippen molar-refractivity contribution in [2.24, 2.45) is 0 Å². The van der Waals surface area contributed by atoms with Crippen molar-refractivity contribution >= 4 is 17.8 Å². The molecule has 0 aliphatic heterocycles. The van der Waals surface area contributed by atoms with Crippen LogP contribution in [-0.2, 0) is 20.7 Å². The van der Waals surface area contributed by atoms with Gasteiger partial charge in [0.25, 0.3) is 0 Å². The van der Waals surface area contributed by atoms with Gasteiger partial charge in [0.05, 0.1) is 6.04 Å². The molecule has 25 heavy (non-hydrogen) atoms. The number of carbonyl (C=O) groups excluding carboxylic acids is 3. The molecule has 0 aromatic heterocycles. The highest BCUT2D eigenvalue weighted by Gasteiger charge is 2.26. The highest BCUT2D eigenvalue weighted by Crippen LogP contribution is 2.09. The Morgan fingerprint density at radius 2 is 1.72 bits per heavy atom. The lowest BCUT2D eigenvalue weighted by molar-refractivity contribution is -0.129. The molecule has 2 amide bonds. The fraction of sp³-hybridized carbons (Fsp3) is 0.500. The summed E-state index contributed by atoms with van der Waals surface area (Å²) in [5, 5.41) is 4.93. The Hall–Kier alpha value is -2.44. The minimum atomic E-state index is -1.16. The van der Waals surface area contributed by atoms with E-state index in [4.69, 9.17) is 4.74 Å². The first-order valence-corrected chi connectivity index (χ1v) is 8.05. The van der Waals surface area contributed by atoms with Crippen LogP contribution in [0.4, 0.5) is 9.18 Å². The molecule has 0 saturated carbocycles. The fourth-order valence-corrected chi connectivity index (χ4v) is 2.02. The molecule has 0 heterocycles.